The number of fused-ring (bicyclic) bond motifs is 1. The molecule has 0 saturated heterocycles. The minimum atomic E-state index is -4.32. The van der Waals surface area contributed by atoms with E-state index in [4.69, 9.17) is 0 Å². The maximum atomic E-state index is 12.8. The third-order valence-corrected chi connectivity index (χ3v) is 5.03. The van der Waals surface area contributed by atoms with E-state index in [0.717, 1.165) is 47.6 Å². The lowest BCUT2D eigenvalue weighted by atomic mass is 9.94. The van der Waals surface area contributed by atoms with E-state index in [1.54, 1.807) is 12.1 Å². The van der Waals surface area contributed by atoms with Crippen LogP contribution in [-0.2, 0) is 11.6 Å². The van der Waals surface area contributed by atoms with E-state index in [1.807, 2.05) is 22.7 Å². The van der Waals surface area contributed by atoms with E-state index < -0.39 is 11.7 Å². The molecule has 1 aromatic carbocycles. The van der Waals surface area contributed by atoms with Gasteiger partial charge in [-0.05, 0) is 48.1 Å². The first kappa shape index (κ1) is 16.1. The first-order chi connectivity index (χ1) is 11.8. The van der Waals surface area contributed by atoms with Crippen molar-refractivity contribution in [3.63, 3.8) is 0 Å². The van der Waals surface area contributed by atoms with E-state index in [9.17, 15) is 13.2 Å². The molecule has 1 aliphatic carbocycles. The Morgan fingerprint density at radius 1 is 1.04 bits per heavy atom. The van der Waals surface area contributed by atoms with Gasteiger partial charge < -0.3 is 0 Å². The fraction of sp³-hybridized carbons (Fsp3) is 0.368. The van der Waals surface area contributed by atoms with Crippen LogP contribution >= 0.6 is 0 Å². The second-order valence-electron chi connectivity index (χ2n) is 6.99. The molecule has 1 aliphatic rings. The van der Waals surface area contributed by atoms with Crippen LogP contribution < -0.4 is 0 Å². The molecule has 2 heterocycles. The standard InChI is InChI=1S/C19H18F3N3/c1-12(2)15-4-3-11-25-16(15)23-24-17(25)18(9-10-18)13-5-7-14(8-6-13)19(20,21)22/h3-8,11-12H,9-10H2,1-2H3. The second kappa shape index (κ2) is 5.31. The van der Waals surface area contributed by atoms with Gasteiger partial charge in [0.15, 0.2) is 5.65 Å². The van der Waals surface area contributed by atoms with E-state index in [2.05, 4.69) is 24.0 Å². The summed E-state index contributed by atoms with van der Waals surface area (Å²) in [6.45, 7) is 4.21. The van der Waals surface area contributed by atoms with Gasteiger partial charge in [0.05, 0.1) is 11.0 Å². The Morgan fingerprint density at radius 3 is 2.28 bits per heavy atom. The highest BCUT2D eigenvalue weighted by Crippen LogP contribution is 2.53. The number of hydrogen-bond acceptors (Lipinski definition) is 2. The van der Waals surface area contributed by atoms with Gasteiger partial charge in [-0.3, -0.25) is 4.40 Å². The van der Waals surface area contributed by atoms with Gasteiger partial charge in [0.25, 0.3) is 0 Å². The molecule has 130 valence electrons. The summed E-state index contributed by atoms with van der Waals surface area (Å²) in [4.78, 5) is 0. The van der Waals surface area contributed by atoms with Crippen molar-refractivity contribution in [2.24, 2.45) is 0 Å². The van der Waals surface area contributed by atoms with E-state index >= 15 is 0 Å². The second-order valence-corrected chi connectivity index (χ2v) is 6.99. The number of nitrogens with zero attached hydrogens (tertiary/aromatic N) is 3. The Kier molecular flexibility index (Phi) is 3.42. The lowest BCUT2D eigenvalue weighted by Crippen LogP contribution is -2.14. The third kappa shape index (κ3) is 2.51. The third-order valence-electron chi connectivity index (χ3n) is 5.03. The van der Waals surface area contributed by atoms with Crippen LogP contribution in [0.5, 0.6) is 0 Å². The Morgan fingerprint density at radius 2 is 1.72 bits per heavy atom. The van der Waals surface area contributed by atoms with Crippen LogP contribution in [0.2, 0.25) is 0 Å². The van der Waals surface area contributed by atoms with Crippen LogP contribution in [-0.4, -0.2) is 14.6 Å². The zero-order valence-corrected chi connectivity index (χ0v) is 14.0. The van der Waals surface area contributed by atoms with Gasteiger partial charge in [0.2, 0.25) is 0 Å². The van der Waals surface area contributed by atoms with Crippen molar-refractivity contribution in [3.05, 3.63) is 65.1 Å². The summed E-state index contributed by atoms with van der Waals surface area (Å²) in [6.07, 6.45) is -0.653. The van der Waals surface area contributed by atoms with Crippen LogP contribution in [0, 0.1) is 0 Å². The Bertz CT molecular complexity index is 919. The number of aromatic nitrogens is 3. The molecule has 4 rings (SSSR count). The summed E-state index contributed by atoms with van der Waals surface area (Å²) in [6, 6.07) is 9.46. The highest BCUT2D eigenvalue weighted by atomic mass is 19.4. The number of halogens is 3. The number of benzene rings is 1. The van der Waals surface area contributed by atoms with Gasteiger partial charge in [0, 0.05) is 6.20 Å². The molecule has 0 N–H and O–H groups in total. The van der Waals surface area contributed by atoms with Crippen LogP contribution in [0.1, 0.15) is 55.1 Å². The highest BCUT2D eigenvalue weighted by molar-refractivity contribution is 5.52. The molecule has 3 aromatic rings. The van der Waals surface area contributed by atoms with Crippen molar-refractivity contribution in [2.45, 2.75) is 44.2 Å². The van der Waals surface area contributed by atoms with Gasteiger partial charge in [-0.2, -0.15) is 13.2 Å². The number of pyridine rings is 1. The number of alkyl halides is 3. The quantitative estimate of drug-likeness (QED) is 0.672. The average molecular weight is 345 g/mol. The molecule has 6 heteroatoms. The van der Waals surface area contributed by atoms with Gasteiger partial charge in [-0.15, -0.1) is 10.2 Å². The smallest absolute Gasteiger partial charge is 0.285 e. The molecule has 0 radical (unpaired) electrons. The van der Waals surface area contributed by atoms with Gasteiger partial charge in [-0.25, -0.2) is 0 Å². The minimum Gasteiger partial charge on any atom is -0.285 e. The summed E-state index contributed by atoms with van der Waals surface area (Å²) in [5.74, 6) is 1.13. The number of hydrogen-bond donors (Lipinski definition) is 0. The SMILES string of the molecule is CC(C)c1cccn2c(C3(c4ccc(C(F)(F)F)cc4)CC3)nnc12. The van der Waals surface area contributed by atoms with Crippen molar-refractivity contribution in [2.75, 3.05) is 0 Å². The summed E-state index contributed by atoms with van der Waals surface area (Å²) in [5.41, 5.74) is 1.85. The van der Waals surface area contributed by atoms with Gasteiger partial charge in [-0.1, -0.05) is 32.0 Å². The van der Waals surface area contributed by atoms with Crippen LogP contribution in [0.3, 0.4) is 0 Å². The van der Waals surface area contributed by atoms with Crippen molar-refractivity contribution in [1.29, 1.82) is 0 Å². The normalized spacial score (nSPS) is 16.6. The molecular formula is C19H18F3N3. The van der Waals surface area contributed by atoms with Crippen LogP contribution in [0.15, 0.2) is 42.6 Å². The zero-order chi connectivity index (χ0) is 17.8. The lowest BCUT2D eigenvalue weighted by Gasteiger charge is -2.16. The average Bonchev–Trinajstić information content (AvgIpc) is 3.26. The van der Waals surface area contributed by atoms with Crippen molar-refractivity contribution >= 4 is 5.65 Å². The number of rotatable bonds is 3. The zero-order valence-electron chi connectivity index (χ0n) is 14.0. The lowest BCUT2D eigenvalue weighted by molar-refractivity contribution is -0.137. The molecule has 0 spiro atoms. The summed E-state index contributed by atoms with van der Waals surface area (Å²) < 4.78 is 40.4. The van der Waals surface area contributed by atoms with Crippen LogP contribution in [0.25, 0.3) is 5.65 Å². The molecule has 3 nitrogen and oxygen atoms in total. The molecule has 1 fully saturated rings. The Balaban J connectivity index is 1.79. The van der Waals surface area contributed by atoms with Crippen molar-refractivity contribution in [1.82, 2.24) is 14.6 Å². The molecule has 0 bridgehead atoms. The fourth-order valence-electron chi connectivity index (χ4n) is 3.46. The maximum Gasteiger partial charge on any atom is 0.416 e. The van der Waals surface area contributed by atoms with E-state index in [1.165, 1.54) is 0 Å². The summed E-state index contributed by atoms with van der Waals surface area (Å²) >= 11 is 0. The minimum absolute atomic E-state index is 0.321. The highest BCUT2D eigenvalue weighted by Gasteiger charge is 2.50. The first-order valence-corrected chi connectivity index (χ1v) is 8.35. The maximum absolute atomic E-state index is 12.8. The van der Waals surface area contributed by atoms with E-state index in [-0.39, 0.29) is 5.41 Å². The largest absolute Gasteiger partial charge is 0.416 e. The molecule has 0 amide bonds. The fourth-order valence-corrected chi connectivity index (χ4v) is 3.46. The predicted molar refractivity (Wildman–Crippen MR) is 88.5 cm³/mol. The Labute approximate surface area is 143 Å². The first-order valence-electron chi connectivity index (χ1n) is 8.35. The van der Waals surface area contributed by atoms with Gasteiger partial charge >= 0.3 is 6.18 Å². The summed E-state index contributed by atoms with van der Waals surface area (Å²) in [7, 11) is 0. The molecular weight excluding hydrogens is 327 g/mol. The van der Waals surface area contributed by atoms with Crippen LogP contribution in [0.4, 0.5) is 13.2 Å². The van der Waals surface area contributed by atoms with Gasteiger partial charge in [0.1, 0.15) is 5.82 Å². The van der Waals surface area contributed by atoms with E-state index in [0.29, 0.717) is 5.92 Å². The molecule has 0 atom stereocenters. The summed E-state index contributed by atoms with van der Waals surface area (Å²) in [5, 5.41) is 8.77. The molecule has 25 heavy (non-hydrogen) atoms. The Hall–Kier alpha value is -2.37. The predicted octanol–water partition coefficient (Wildman–Crippen LogP) is 4.95. The topological polar surface area (TPSA) is 30.2 Å². The molecule has 2 aromatic heterocycles. The van der Waals surface area contributed by atoms with Crippen molar-refractivity contribution in [3.8, 4) is 0 Å². The molecule has 0 unspecified atom stereocenters. The van der Waals surface area contributed by atoms with Crippen molar-refractivity contribution < 1.29 is 13.2 Å². The monoisotopic (exact) mass is 345 g/mol. The molecule has 0 aliphatic heterocycles. The molecule has 1 saturated carbocycles.